The van der Waals surface area contributed by atoms with Crippen LogP contribution in [0.15, 0.2) is 0 Å². The molecule has 0 aromatic heterocycles. The van der Waals surface area contributed by atoms with Crippen molar-refractivity contribution in [3.8, 4) is 0 Å². The standard InChI is InChI=1S/C6H14N2O4/c7-1-2-4(9)5(10)3(8)6(11)12-2/h2-6,9-11H,1,7-8H2/t2-,3+,4+,5-,6-/m1/s1. The van der Waals surface area contributed by atoms with Gasteiger partial charge in [-0.3, -0.25) is 0 Å². The zero-order valence-corrected chi connectivity index (χ0v) is 6.50. The van der Waals surface area contributed by atoms with Gasteiger partial charge in [0.2, 0.25) is 0 Å². The molecule has 0 aliphatic carbocycles. The van der Waals surface area contributed by atoms with Gasteiger partial charge in [-0.15, -0.1) is 0 Å². The first-order chi connectivity index (χ1) is 5.57. The third-order valence-corrected chi connectivity index (χ3v) is 2.00. The van der Waals surface area contributed by atoms with Crippen molar-refractivity contribution in [3.63, 3.8) is 0 Å². The maximum atomic E-state index is 9.28. The van der Waals surface area contributed by atoms with Gasteiger partial charge in [-0.2, -0.15) is 0 Å². The molecule has 0 unspecified atom stereocenters. The van der Waals surface area contributed by atoms with Crippen molar-refractivity contribution in [1.82, 2.24) is 0 Å². The predicted molar refractivity (Wildman–Crippen MR) is 39.9 cm³/mol. The fourth-order valence-electron chi connectivity index (χ4n) is 1.16. The highest BCUT2D eigenvalue weighted by molar-refractivity contribution is 4.91. The summed E-state index contributed by atoms with van der Waals surface area (Å²) < 4.78 is 4.83. The highest BCUT2D eigenvalue weighted by Crippen LogP contribution is 2.17. The molecular formula is C6H14N2O4. The molecule has 12 heavy (non-hydrogen) atoms. The van der Waals surface area contributed by atoms with E-state index in [4.69, 9.17) is 21.3 Å². The topological polar surface area (TPSA) is 122 Å². The van der Waals surface area contributed by atoms with Crippen LogP contribution in [0.4, 0.5) is 0 Å². The number of ether oxygens (including phenoxy) is 1. The average Bonchev–Trinajstić information content (AvgIpc) is 2.08. The number of hydrogen-bond donors (Lipinski definition) is 5. The quantitative estimate of drug-likeness (QED) is 0.287. The molecule has 0 radical (unpaired) electrons. The van der Waals surface area contributed by atoms with E-state index in [-0.39, 0.29) is 6.54 Å². The van der Waals surface area contributed by atoms with Crippen LogP contribution in [0.1, 0.15) is 0 Å². The van der Waals surface area contributed by atoms with Crippen LogP contribution in [0, 0.1) is 0 Å². The maximum Gasteiger partial charge on any atom is 0.172 e. The van der Waals surface area contributed by atoms with Crippen molar-refractivity contribution in [3.05, 3.63) is 0 Å². The first-order valence-corrected chi connectivity index (χ1v) is 3.73. The zero-order chi connectivity index (χ0) is 9.30. The second kappa shape index (κ2) is 3.65. The Morgan fingerprint density at radius 2 is 1.75 bits per heavy atom. The summed E-state index contributed by atoms with van der Waals surface area (Å²) in [5.74, 6) is 0. The molecule has 0 bridgehead atoms. The number of aliphatic hydroxyl groups is 3. The Balaban J connectivity index is 2.63. The monoisotopic (exact) mass is 178 g/mol. The van der Waals surface area contributed by atoms with Gasteiger partial charge in [0.05, 0.1) is 6.04 Å². The van der Waals surface area contributed by atoms with Crippen LogP contribution in [0.25, 0.3) is 0 Å². The minimum absolute atomic E-state index is 0.0298. The summed E-state index contributed by atoms with van der Waals surface area (Å²) in [7, 11) is 0. The van der Waals surface area contributed by atoms with E-state index in [0.29, 0.717) is 0 Å². The van der Waals surface area contributed by atoms with Crippen LogP contribution >= 0.6 is 0 Å². The number of hydrogen-bond acceptors (Lipinski definition) is 6. The molecule has 1 rings (SSSR count). The Morgan fingerprint density at radius 3 is 2.25 bits per heavy atom. The van der Waals surface area contributed by atoms with Crippen LogP contribution in [0.5, 0.6) is 0 Å². The van der Waals surface area contributed by atoms with E-state index in [1.54, 1.807) is 0 Å². The van der Waals surface area contributed by atoms with Crippen LogP contribution in [0.2, 0.25) is 0 Å². The van der Waals surface area contributed by atoms with Gasteiger partial charge in [-0.05, 0) is 0 Å². The van der Waals surface area contributed by atoms with Crippen LogP contribution in [-0.4, -0.2) is 52.5 Å². The number of nitrogens with two attached hydrogens (primary N) is 2. The van der Waals surface area contributed by atoms with E-state index < -0.39 is 30.6 Å². The van der Waals surface area contributed by atoms with E-state index in [9.17, 15) is 10.2 Å². The van der Waals surface area contributed by atoms with Gasteiger partial charge < -0.3 is 31.5 Å². The summed E-state index contributed by atoms with van der Waals surface area (Å²) in [6.07, 6.45) is -4.34. The predicted octanol–water partition coefficient (Wildman–Crippen LogP) is -3.29. The summed E-state index contributed by atoms with van der Waals surface area (Å²) >= 11 is 0. The van der Waals surface area contributed by atoms with Crippen molar-refractivity contribution in [1.29, 1.82) is 0 Å². The summed E-state index contributed by atoms with van der Waals surface area (Å²) in [4.78, 5) is 0. The zero-order valence-electron chi connectivity index (χ0n) is 6.50. The summed E-state index contributed by atoms with van der Waals surface area (Å²) in [5.41, 5.74) is 10.5. The molecule has 6 nitrogen and oxygen atoms in total. The largest absolute Gasteiger partial charge is 0.388 e. The molecule has 0 aromatic carbocycles. The van der Waals surface area contributed by atoms with Crippen LogP contribution in [-0.2, 0) is 4.74 Å². The number of aliphatic hydroxyl groups excluding tert-OH is 3. The summed E-state index contributed by atoms with van der Waals surface area (Å²) in [5, 5.41) is 27.6. The molecule has 6 heteroatoms. The molecule has 0 amide bonds. The molecule has 1 heterocycles. The molecule has 0 aromatic rings. The van der Waals surface area contributed by atoms with E-state index in [2.05, 4.69) is 0 Å². The Labute approximate surface area is 69.7 Å². The van der Waals surface area contributed by atoms with E-state index in [1.807, 2.05) is 0 Å². The van der Waals surface area contributed by atoms with E-state index in [0.717, 1.165) is 0 Å². The molecule has 1 fully saturated rings. The fraction of sp³-hybridized carbons (Fsp3) is 1.00. The molecule has 1 aliphatic rings. The lowest BCUT2D eigenvalue weighted by Crippen LogP contribution is -2.62. The average molecular weight is 178 g/mol. The summed E-state index contributed by atoms with van der Waals surface area (Å²) in [6, 6.07) is -0.984. The molecule has 5 atom stereocenters. The SMILES string of the molecule is NC[C@H]1O[C@@H](O)[C@@H](N)[C@@H](O)[C@H]1O. The maximum absolute atomic E-state index is 9.28. The lowest BCUT2D eigenvalue weighted by Gasteiger charge is -2.38. The molecule has 0 spiro atoms. The Morgan fingerprint density at radius 1 is 1.17 bits per heavy atom. The first-order valence-electron chi connectivity index (χ1n) is 3.73. The van der Waals surface area contributed by atoms with Gasteiger partial charge in [0.1, 0.15) is 18.3 Å². The van der Waals surface area contributed by atoms with Crippen LogP contribution in [0.3, 0.4) is 0 Å². The van der Waals surface area contributed by atoms with Gasteiger partial charge in [-0.1, -0.05) is 0 Å². The van der Waals surface area contributed by atoms with E-state index in [1.165, 1.54) is 0 Å². The van der Waals surface area contributed by atoms with Crippen molar-refractivity contribution in [2.75, 3.05) is 6.54 Å². The second-order valence-corrected chi connectivity index (χ2v) is 2.86. The Kier molecular flexibility index (Phi) is 2.99. The molecule has 1 aliphatic heterocycles. The van der Waals surface area contributed by atoms with Gasteiger partial charge in [0, 0.05) is 6.54 Å². The van der Waals surface area contributed by atoms with Crippen molar-refractivity contribution in [2.45, 2.75) is 30.6 Å². The molecule has 1 saturated heterocycles. The third-order valence-electron chi connectivity index (χ3n) is 2.00. The fourth-order valence-corrected chi connectivity index (χ4v) is 1.16. The molecule has 72 valence electrons. The minimum Gasteiger partial charge on any atom is -0.388 e. The highest BCUT2D eigenvalue weighted by Gasteiger charge is 2.41. The van der Waals surface area contributed by atoms with Gasteiger partial charge in [0.25, 0.3) is 0 Å². The normalized spacial score (nSPS) is 49.2. The van der Waals surface area contributed by atoms with Crippen LogP contribution < -0.4 is 11.5 Å². The summed E-state index contributed by atoms with van der Waals surface area (Å²) in [6.45, 7) is 0.0298. The van der Waals surface area contributed by atoms with E-state index >= 15 is 0 Å². The lowest BCUT2D eigenvalue weighted by molar-refractivity contribution is -0.238. The van der Waals surface area contributed by atoms with Crippen molar-refractivity contribution in [2.24, 2.45) is 11.5 Å². The minimum atomic E-state index is -1.27. The number of rotatable bonds is 1. The molecular weight excluding hydrogens is 164 g/mol. The van der Waals surface area contributed by atoms with Gasteiger partial charge in [-0.25, -0.2) is 0 Å². The van der Waals surface area contributed by atoms with Gasteiger partial charge in [0.15, 0.2) is 6.29 Å². The molecule has 7 N–H and O–H groups in total. The highest BCUT2D eigenvalue weighted by atomic mass is 16.6. The lowest BCUT2D eigenvalue weighted by atomic mass is 9.98. The smallest absolute Gasteiger partial charge is 0.172 e. The second-order valence-electron chi connectivity index (χ2n) is 2.86. The van der Waals surface area contributed by atoms with Gasteiger partial charge >= 0.3 is 0 Å². The van der Waals surface area contributed by atoms with Crippen molar-refractivity contribution >= 4 is 0 Å². The Hall–Kier alpha value is -0.240. The Bertz CT molecular complexity index is 152. The third kappa shape index (κ3) is 1.58. The molecule has 0 saturated carbocycles. The first kappa shape index (κ1) is 9.85. The van der Waals surface area contributed by atoms with Crippen molar-refractivity contribution < 1.29 is 20.1 Å².